The molecule has 0 aliphatic rings. The van der Waals surface area contributed by atoms with Crippen molar-refractivity contribution in [1.29, 1.82) is 0 Å². The number of unbranched alkanes of at least 4 members (excludes halogenated alkanes) is 1. The number of rotatable bonds is 1. The summed E-state index contributed by atoms with van der Waals surface area (Å²) in [6.45, 7) is 5.72. The van der Waals surface area contributed by atoms with Crippen molar-refractivity contribution < 1.29 is 31.9 Å². The van der Waals surface area contributed by atoms with E-state index in [1.165, 1.54) is 6.42 Å². The molecule has 0 saturated heterocycles. The van der Waals surface area contributed by atoms with Crippen molar-refractivity contribution in [3.8, 4) is 0 Å². The van der Waals surface area contributed by atoms with E-state index in [9.17, 15) is 0 Å². The van der Waals surface area contributed by atoms with E-state index in [4.69, 9.17) is 10.2 Å². The van der Waals surface area contributed by atoms with Crippen LogP contribution in [0.1, 0.15) is 19.8 Å². The summed E-state index contributed by atoms with van der Waals surface area (Å²) in [6.07, 6.45) is 2.28. The van der Waals surface area contributed by atoms with Crippen molar-refractivity contribution in [3.05, 3.63) is 14.4 Å². The van der Waals surface area contributed by atoms with Gasteiger partial charge in [-0.1, -0.05) is 13.3 Å². The molecule has 2 nitrogen and oxygen atoms in total. The average Bonchev–Trinajstić information content (AvgIpc) is 1.96. The first-order chi connectivity index (χ1) is 3.91. The van der Waals surface area contributed by atoms with Crippen molar-refractivity contribution in [3.63, 3.8) is 0 Å². The minimum absolute atomic E-state index is 0. The summed E-state index contributed by atoms with van der Waals surface area (Å²) in [7, 11) is 2.00. The Morgan fingerprint density at radius 1 is 1.10 bits per heavy atom. The first kappa shape index (κ1) is 31.1. The molecule has 0 amide bonds. The van der Waals surface area contributed by atoms with Gasteiger partial charge in [0, 0.05) is 14.2 Å². The van der Waals surface area contributed by atoms with Crippen LogP contribution in [-0.2, 0) is 21.7 Å². The Labute approximate surface area is 80.5 Å². The minimum atomic E-state index is 0. The van der Waals surface area contributed by atoms with Crippen LogP contribution in [0.25, 0.3) is 0 Å². The van der Waals surface area contributed by atoms with Gasteiger partial charge in [0.05, 0.1) is 0 Å². The molecular formula is C7H20O2Ti. The molecule has 3 heteroatoms. The standard InChI is InChI=1S/C4H9.2CH4O.CH3.Ti/c1-3-4-2;2*1-2;;/h1,3-4H2,2H3;2*2H,1H3;1H3;/q-1;;;-1;+2. The van der Waals surface area contributed by atoms with Gasteiger partial charge in [0.25, 0.3) is 0 Å². The van der Waals surface area contributed by atoms with E-state index in [0.717, 1.165) is 20.6 Å². The number of hydrogen-bond acceptors (Lipinski definition) is 2. The summed E-state index contributed by atoms with van der Waals surface area (Å²) in [5.74, 6) is 0. The zero-order valence-corrected chi connectivity index (χ0v) is 9.08. The Hall–Kier alpha value is 0.634. The maximum Gasteiger partial charge on any atom is 2.00 e. The van der Waals surface area contributed by atoms with Crippen LogP contribution in [0.15, 0.2) is 0 Å². The topological polar surface area (TPSA) is 40.5 Å². The maximum absolute atomic E-state index is 7.00. The molecule has 0 heterocycles. The molecule has 0 bridgehead atoms. The Kier molecular flexibility index (Phi) is 322. The van der Waals surface area contributed by atoms with Gasteiger partial charge in [-0.25, -0.2) is 0 Å². The molecule has 0 fully saturated rings. The Bertz CT molecular complexity index is 13.6. The molecule has 0 atom stereocenters. The summed E-state index contributed by atoms with van der Waals surface area (Å²) in [4.78, 5) is 0. The number of hydrogen-bond donors (Lipinski definition) is 2. The zero-order valence-electron chi connectivity index (χ0n) is 7.52. The molecule has 0 saturated carbocycles. The van der Waals surface area contributed by atoms with Gasteiger partial charge in [0.15, 0.2) is 0 Å². The minimum Gasteiger partial charge on any atom is -0.400 e. The SMILES string of the molecule is CO.CO.[CH2-]CCC.[CH3-].[Ti+2]. The third kappa shape index (κ3) is 188. The molecule has 0 aliphatic heterocycles. The Balaban J connectivity index is -0.0000000125. The van der Waals surface area contributed by atoms with E-state index in [-0.39, 0.29) is 29.1 Å². The predicted octanol–water partition coefficient (Wildman–Crippen LogP) is 1.29. The average molecular weight is 184 g/mol. The van der Waals surface area contributed by atoms with E-state index in [2.05, 4.69) is 13.8 Å². The fourth-order valence-electron chi connectivity index (χ4n) is 0. The molecule has 64 valence electrons. The fourth-order valence-corrected chi connectivity index (χ4v) is 0. The summed E-state index contributed by atoms with van der Waals surface area (Å²) in [5.41, 5.74) is 0. The third-order valence-electron chi connectivity index (χ3n) is 0.354. The molecule has 0 aromatic rings. The first-order valence-corrected chi connectivity index (χ1v) is 2.60. The van der Waals surface area contributed by atoms with Crippen molar-refractivity contribution in [2.45, 2.75) is 19.8 Å². The molecule has 0 aromatic carbocycles. The van der Waals surface area contributed by atoms with Crippen LogP contribution >= 0.6 is 0 Å². The summed E-state index contributed by atoms with van der Waals surface area (Å²) >= 11 is 0. The van der Waals surface area contributed by atoms with Crippen molar-refractivity contribution in [2.24, 2.45) is 0 Å². The van der Waals surface area contributed by atoms with Crippen LogP contribution in [0.3, 0.4) is 0 Å². The van der Waals surface area contributed by atoms with Crippen LogP contribution in [0.5, 0.6) is 0 Å². The quantitative estimate of drug-likeness (QED) is 0.476. The molecular weight excluding hydrogens is 164 g/mol. The molecule has 0 spiro atoms. The summed E-state index contributed by atoms with van der Waals surface area (Å²) < 4.78 is 0. The van der Waals surface area contributed by atoms with E-state index in [1.54, 1.807) is 0 Å². The van der Waals surface area contributed by atoms with E-state index in [0.29, 0.717) is 0 Å². The van der Waals surface area contributed by atoms with Gasteiger partial charge in [-0.2, -0.15) is 6.42 Å². The van der Waals surface area contributed by atoms with Gasteiger partial charge in [-0.05, 0) is 0 Å². The first-order valence-electron chi connectivity index (χ1n) is 2.60. The Morgan fingerprint density at radius 2 is 1.20 bits per heavy atom. The second-order valence-electron chi connectivity index (χ2n) is 0.854. The third-order valence-corrected chi connectivity index (χ3v) is 0.354. The molecule has 0 aromatic heterocycles. The maximum atomic E-state index is 7.00. The smallest absolute Gasteiger partial charge is 0.400 e. The van der Waals surface area contributed by atoms with Gasteiger partial charge < -0.3 is 24.6 Å². The second-order valence-corrected chi connectivity index (χ2v) is 0.854. The molecule has 0 aliphatic carbocycles. The van der Waals surface area contributed by atoms with E-state index in [1.807, 2.05) is 0 Å². The molecule has 2 N–H and O–H groups in total. The summed E-state index contributed by atoms with van der Waals surface area (Å²) in [6, 6.07) is 0. The van der Waals surface area contributed by atoms with Crippen LogP contribution in [0.2, 0.25) is 0 Å². The van der Waals surface area contributed by atoms with Gasteiger partial charge >= 0.3 is 21.7 Å². The van der Waals surface area contributed by atoms with Crippen LogP contribution in [0, 0.1) is 14.4 Å². The molecule has 0 rings (SSSR count). The van der Waals surface area contributed by atoms with Crippen molar-refractivity contribution >= 4 is 0 Å². The van der Waals surface area contributed by atoms with Crippen LogP contribution in [-0.4, -0.2) is 24.4 Å². The monoisotopic (exact) mass is 184 g/mol. The zero-order chi connectivity index (χ0) is 7.41. The number of aliphatic hydroxyl groups is 2. The molecule has 10 heavy (non-hydrogen) atoms. The molecule has 0 radical (unpaired) electrons. The van der Waals surface area contributed by atoms with Crippen molar-refractivity contribution in [2.75, 3.05) is 14.2 Å². The Morgan fingerprint density at radius 3 is 1.20 bits per heavy atom. The van der Waals surface area contributed by atoms with Crippen LogP contribution < -0.4 is 0 Å². The molecule has 0 unspecified atom stereocenters. The van der Waals surface area contributed by atoms with Gasteiger partial charge in [-0.3, -0.25) is 0 Å². The van der Waals surface area contributed by atoms with E-state index >= 15 is 0 Å². The van der Waals surface area contributed by atoms with Crippen molar-refractivity contribution in [1.82, 2.24) is 0 Å². The fraction of sp³-hybridized carbons (Fsp3) is 0.714. The van der Waals surface area contributed by atoms with Crippen LogP contribution in [0.4, 0.5) is 0 Å². The van der Waals surface area contributed by atoms with E-state index < -0.39 is 0 Å². The summed E-state index contributed by atoms with van der Waals surface area (Å²) in [5, 5.41) is 14.0. The number of aliphatic hydroxyl groups excluding tert-OH is 2. The van der Waals surface area contributed by atoms with Gasteiger partial charge in [0.2, 0.25) is 0 Å². The normalized spacial score (nSPS) is 4.20. The largest absolute Gasteiger partial charge is 2.00 e. The van der Waals surface area contributed by atoms with Gasteiger partial charge in [0.1, 0.15) is 0 Å². The second kappa shape index (κ2) is 104. The van der Waals surface area contributed by atoms with Gasteiger partial charge in [-0.15, -0.1) is 0 Å². The predicted molar refractivity (Wildman–Crippen MR) is 43.0 cm³/mol.